The zero-order valence-corrected chi connectivity index (χ0v) is 16.4. The van der Waals surface area contributed by atoms with Crippen LogP contribution in [0.25, 0.3) is 11.3 Å². The summed E-state index contributed by atoms with van der Waals surface area (Å²) in [5, 5.41) is 10.0. The Kier molecular flexibility index (Phi) is 6.41. The number of benzene rings is 2. The van der Waals surface area contributed by atoms with Crippen molar-refractivity contribution in [3.8, 4) is 11.3 Å². The average Bonchev–Trinajstić information content (AvgIpc) is 2.71. The van der Waals surface area contributed by atoms with Crippen LogP contribution in [0.5, 0.6) is 0 Å². The lowest BCUT2D eigenvalue weighted by molar-refractivity contribution is -0.117. The molecule has 8 heteroatoms. The fourth-order valence-electron chi connectivity index (χ4n) is 2.63. The molecular weight excluding hydrogens is 392 g/mol. The number of halogens is 1. The molecule has 1 aromatic heterocycles. The Morgan fingerprint density at radius 1 is 1.00 bits per heavy atom. The van der Waals surface area contributed by atoms with Crippen molar-refractivity contribution >= 4 is 34.8 Å². The molecule has 2 amide bonds. The van der Waals surface area contributed by atoms with E-state index in [1.54, 1.807) is 31.2 Å². The maximum Gasteiger partial charge on any atom is 0.291 e. The summed E-state index contributed by atoms with van der Waals surface area (Å²) in [4.78, 5) is 37.0. The second kappa shape index (κ2) is 9.16. The lowest BCUT2D eigenvalue weighted by Crippen LogP contribution is -2.32. The Labute approximate surface area is 172 Å². The molecule has 0 aliphatic carbocycles. The number of nitrogens with zero attached hydrogens (tertiary/aromatic N) is 2. The largest absolute Gasteiger partial charge is 0.324 e. The van der Waals surface area contributed by atoms with Crippen molar-refractivity contribution in [1.82, 2.24) is 9.78 Å². The Morgan fingerprint density at radius 3 is 2.45 bits per heavy atom. The molecule has 7 nitrogen and oxygen atoms in total. The third kappa shape index (κ3) is 5.30. The molecule has 3 aromatic rings. The van der Waals surface area contributed by atoms with Gasteiger partial charge in [0.25, 0.3) is 5.56 Å². The zero-order valence-electron chi connectivity index (χ0n) is 15.7. The molecule has 0 aliphatic rings. The third-order valence-corrected chi connectivity index (χ3v) is 4.28. The third-order valence-electron chi connectivity index (χ3n) is 4.04. The van der Waals surface area contributed by atoms with Gasteiger partial charge in [-0.25, -0.2) is 4.68 Å². The summed E-state index contributed by atoms with van der Waals surface area (Å²) in [7, 11) is 0. The van der Waals surface area contributed by atoms with Crippen molar-refractivity contribution in [3.05, 3.63) is 76.0 Å². The van der Waals surface area contributed by atoms with E-state index in [2.05, 4.69) is 15.7 Å². The second-order valence-electron chi connectivity index (χ2n) is 6.23. The topological polar surface area (TPSA) is 93.1 Å². The highest BCUT2D eigenvalue weighted by atomic mass is 35.5. The van der Waals surface area contributed by atoms with E-state index >= 15 is 0 Å². The summed E-state index contributed by atoms with van der Waals surface area (Å²) in [5.41, 5.74) is 1.24. The van der Waals surface area contributed by atoms with Crippen LogP contribution in [0.3, 0.4) is 0 Å². The molecule has 0 atom stereocenters. The highest BCUT2D eigenvalue weighted by Gasteiger charge is 2.14. The van der Waals surface area contributed by atoms with E-state index in [1.807, 2.05) is 30.3 Å². The van der Waals surface area contributed by atoms with Gasteiger partial charge in [0, 0.05) is 22.7 Å². The number of hydrogen-bond acceptors (Lipinski definition) is 4. The number of amides is 2. The minimum atomic E-state index is -0.562. The Balaban J connectivity index is 1.93. The second-order valence-corrected chi connectivity index (χ2v) is 6.67. The van der Waals surface area contributed by atoms with E-state index in [0.717, 1.165) is 10.2 Å². The van der Waals surface area contributed by atoms with Gasteiger partial charge in [-0.15, -0.1) is 0 Å². The van der Waals surface area contributed by atoms with E-state index in [9.17, 15) is 14.4 Å². The van der Waals surface area contributed by atoms with E-state index in [0.29, 0.717) is 16.4 Å². The SMILES string of the molecule is CCC(=O)Nc1cc(-c2ccccc2)nn(CC(=O)Nc2cccc(Cl)c2)c1=O. The van der Waals surface area contributed by atoms with Crippen molar-refractivity contribution in [1.29, 1.82) is 0 Å². The first-order valence-corrected chi connectivity index (χ1v) is 9.37. The van der Waals surface area contributed by atoms with Gasteiger partial charge in [-0.1, -0.05) is 54.9 Å². The fraction of sp³-hybridized carbons (Fsp3) is 0.143. The van der Waals surface area contributed by atoms with E-state index in [4.69, 9.17) is 11.6 Å². The van der Waals surface area contributed by atoms with Gasteiger partial charge < -0.3 is 10.6 Å². The number of aromatic nitrogens is 2. The summed E-state index contributed by atoms with van der Waals surface area (Å²) < 4.78 is 1.04. The number of anilines is 2. The molecule has 0 fully saturated rings. The fourth-order valence-corrected chi connectivity index (χ4v) is 2.82. The molecule has 0 bridgehead atoms. The molecule has 29 heavy (non-hydrogen) atoms. The van der Waals surface area contributed by atoms with Crippen molar-refractivity contribution in [3.63, 3.8) is 0 Å². The summed E-state index contributed by atoms with van der Waals surface area (Å²) in [6.07, 6.45) is 0.220. The predicted molar refractivity (Wildman–Crippen MR) is 113 cm³/mol. The molecule has 1 heterocycles. The van der Waals surface area contributed by atoms with Crippen LogP contribution < -0.4 is 16.2 Å². The Hall–Kier alpha value is -3.45. The van der Waals surface area contributed by atoms with E-state index < -0.39 is 11.5 Å². The molecule has 0 aliphatic heterocycles. The van der Waals surface area contributed by atoms with Gasteiger partial charge in [-0.2, -0.15) is 5.10 Å². The summed E-state index contributed by atoms with van der Waals surface area (Å²) in [5.74, 6) is -0.748. The normalized spacial score (nSPS) is 10.4. The molecule has 0 saturated carbocycles. The van der Waals surface area contributed by atoms with Crippen LogP contribution in [-0.2, 0) is 16.1 Å². The van der Waals surface area contributed by atoms with E-state index in [1.165, 1.54) is 6.07 Å². The zero-order chi connectivity index (χ0) is 20.8. The lowest BCUT2D eigenvalue weighted by Gasteiger charge is -2.12. The van der Waals surface area contributed by atoms with Crippen molar-refractivity contribution in [2.75, 3.05) is 10.6 Å². The molecule has 0 spiro atoms. The molecular formula is C21H19ClN4O3. The van der Waals surface area contributed by atoms with Gasteiger partial charge in [0.05, 0.1) is 5.69 Å². The van der Waals surface area contributed by atoms with Gasteiger partial charge >= 0.3 is 0 Å². The van der Waals surface area contributed by atoms with Crippen LogP contribution in [0.1, 0.15) is 13.3 Å². The lowest BCUT2D eigenvalue weighted by atomic mass is 10.1. The van der Waals surface area contributed by atoms with Crippen LogP contribution in [0.4, 0.5) is 11.4 Å². The van der Waals surface area contributed by atoms with Gasteiger partial charge in [-0.3, -0.25) is 14.4 Å². The van der Waals surface area contributed by atoms with Crippen LogP contribution in [-0.4, -0.2) is 21.6 Å². The quantitative estimate of drug-likeness (QED) is 0.649. The summed E-state index contributed by atoms with van der Waals surface area (Å²) in [6, 6.07) is 17.4. The van der Waals surface area contributed by atoms with Gasteiger partial charge in [0.2, 0.25) is 11.8 Å². The van der Waals surface area contributed by atoms with Crippen molar-refractivity contribution in [2.45, 2.75) is 19.9 Å². The molecule has 148 valence electrons. The average molecular weight is 411 g/mol. The van der Waals surface area contributed by atoms with E-state index in [-0.39, 0.29) is 24.6 Å². The minimum absolute atomic E-state index is 0.0706. The van der Waals surface area contributed by atoms with Gasteiger partial charge in [0.1, 0.15) is 12.2 Å². The first kappa shape index (κ1) is 20.3. The highest BCUT2D eigenvalue weighted by molar-refractivity contribution is 6.30. The molecule has 0 unspecified atom stereocenters. The Bertz CT molecular complexity index is 1100. The van der Waals surface area contributed by atoms with Gasteiger partial charge in [0.15, 0.2) is 0 Å². The predicted octanol–water partition coefficient (Wildman–Crippen LogP) is 3.55. The van der Waals surface area contributed by atoms with Crippen molar-refractivity contribution in [2.24, 2.45) is 0 Å². The molecule has 0 radical (unpaired) electrons. The monoisotopic (exact) mass is 410 g/mol. The van der Waals surface area contributed by atoms with Crippen LogP contribution in [0.15, 0.2) is 65.5 Å². The summed E-state index contributed by atoms with van der Waals surface area (Å²) >= 11 is 5.93. The van der Waals surface area contributed by atoms with Crippen LogP contribution in [0.2, 0.25) is 5.02 Å². The number of hydrogen-bond donors (Lipinski definition) is 2. The smallest absolute Gasteiger partial charge is 0.291 e. The Morgan fingerprint density at radius 2 is 1.76 bits per heavy atom. The minimum Gasteiger partial charge on any atom is -0.324 e. The highest BCUT2D eigenvalue weighted by Crippen LogP contribution is 2.18. The molecule has 2 N–H and O–H groups in total. The number of rotatable bonds is 6. The van der Waals surface area contributed by atoms with Crippen LogP contribution in [0, 0.1) is 0 Å². The molecule has 3 rings (SSSR count). The maximum absolute atomic E-state index is 12.7. The van der Waals surface area contributed by atoms with Crippen LogP contribution >= 0.6 is 11.6 Å². The number of nitrogens with one attached hydrogen (secondary N) is 2. The molecule has 0 saturated heterocycles. The summed E-state index contributed by atoms with van der Waals surface area (Å²) in [6.45, 7) is 1.37. The first-order chi connectivity index (χ1) is 14.0. The molecule has 2 aromatic carbocycles. The van der Waals surface area contributed by atoms with Gasteiger partial charge in [-0.05, 0) is 24.3 Å². The van der Waals surface area contributed by atoms with Crippen molar-refractivity contribution < 1.29 is 9.59 Å². The standard InChI is InChI=1S/C21H19ClN4O3/c1-2-19(27)24-18-12-17(14-7-4-3-5-8-14)25-26(21(18)29)13-20(28)23-16-10-6-9-15(22)11-16/h3-12H,2,13H2,1H3,(H,23,28)(H,24,27). The maximum atomic E-state index is 12.7. The first-order valence-electron chi connectivity index (χ1n) is 8.99. The number of carbonyl (C=O) groups is 2. The number of carbonyl (C=O) groups excluding carboxylic acids is 2.